The van der Waals surface area contributed by atoms with E-state index in [1.807, 2.05) is 19.1 Å². The average Bonchev–Trinajstić information content (AvgIpc) is 2.96. The van der Waals surface area contributed by atoms with Crippen molar-refractivity contribution >= 4 is 34.8 Å². The molecule has 0 bridgehead atoms. The van der Waals surface area contributed by atoms with Crippen molar-refractivity contribution in [2.45, 2.75) is 13.3 Å². The maximum Gasteiger partial charge on any atom is 0.323 e. The first kappa shape index (κ1) is 16.5. The number of benzene rings is 1. The lowest BCUT2D eigenvalue weighted by Gasteiger charge is -2.18. The summed E-state index contributed by atoms with van der Waals surface area (Å²) in [5.74, 6) is -1.39. The van der Waals surface area contributed by atoms with Crippen LogP contribution in [0.4, 0.5) is 0 Å². The summed E-state index contributed by atoms with van der Waals surface area (Å²) in [4.78, 5) is 28.8. The monoisotopic (exact) mass is 338 g/mol. The number of nitrogens with zero attached hydrogens (tertiary/aromatic N) is 2. The van der Waals surface area contributed by atoms with Crippen molar-refractivity contribution in [3.8, 4) is 10.6 Å². The smallest absolute Gasteiger partial charge is 0.323 e. The minimum Gasteiger partial charge on any atom is -0.480 e. The zero-order valence-electron chi connectivity index (χ0n) is 12.0. The Morgan fingerprint density at radius 2 is 2.00 bits per heavy atom. The number of hydrogen-bond donors (Lipinski definition) is 1. The number of thiazole rings is 1. The van der Waals surface area contributed by atoms with Crippen LogP contribution < -0.4 is 0 Å². The Hall–Kier alpha value is -1.92. The third kappa shape index (κ3) is 4.05. The summed E-state index contributed by atoms with van der Waals surface area (Å²) < 4.78 is 0. The van der Waals surface area contributed by atoms with Gasteiger partial charge < -0.3 is 10.0 Å². The highest BCUT2D eigenvalue weighted by Gasteiger charge is 2.20. The predicted octanol–water partition coefficient (Wildman–Crippen LogP) is 3.40. The Balaban J connectivity index is 2.20. The van der Waals surface area contributed by atoms with Crippen LogP contribution >= 0.6 is 22.9 Å². The van der Waals surface area contributed by atoms with Crippen molar-refractivity contribution in [3.05, 3.63) is 40.4 Å². The van der Waals surface area contributed by atoms with Crippen LogP contribution in [0.25, 0.3) is 10.6 Å². The van der Waals surface area contributed by atoms with Crippen LogP contribution in [0.5, 0.6) is 0 Å². The molecule has 1 aromatic heterocycles. The first-order valence-corrected chi connectivity index (χ1v) is 7.99. The molecule has 0 saturated carbocycles. The Labute approximate surface area is 137 Å². The number of aliphatic carboxylic acids is 1. The predicted molar refractivity (Wildman–Crippen MR) is 86.4 cm³/mol. The number of carboxylic acids is 1. The van der Waals surface area contributed by atoms with Crippen LogP contribution in [-0.4, -0.2) is 40.0 Å². The fraction of sp³-hybridized carbons (Fsp3) is 0.267. The van der Waals surface area contributed by atoms with Gasteiger partial charge in [0.1, 0.15) is 17.2 Å². The van der Waals surface area contributed by atoms with E-state index in [1.165, 1.54) is 16.2 Å². The fourth-order valence-corrected chi connectivity index (χ4v) is 2.87. The Morgan fingerprint density at radius 1 is 1.32 bits per heavy atom. The lowest BCUT2D eigenvalue weighted by molar-refractivity contribution is -0.137. The summed E-state index contributed by atoms with van der Waals surface area (Å²) in [6, 6.07) is 7.17. The van der Waals surface area contributed by atoms with E-state index >= 15 is 0 Å². The van der Waals surface area contributed by atoms with Gasteiger partial charge in [0.05, 0.1) is 0 Å². The van der Waals surface area contributed by atoms with Gasteiger partial charge in [0.15, 0.2) is 0 Å². The van der Waals surface area contributed by atoms with E-state index in [4.69, 9.17) is 16.7 Å². The van der Waals surface area contributed by atoms with E-state index in [0.717, 1.165) is 5.56 Å². The highest BCUT2D eigenvalue weighted by molar-refractivity contribution is 7.13. The maximum atomic E-state index is 12.4. The molecule has 22 heavy (non-hydrogen) atoms. The number of rotatable bonds is 6. The lowest BCUT2D eigenvalue weighted by atomic mass is 10.2. The quantitative estimate of drug-likeness (QED) is 0.876. The molecule has 2 rings (SSSR count). The van der Waals surface area contributed by atoms with Crippen molar-refractivity contribution in [1.82, 2.24) is 9.88 Å². The molecule has 1 N–H and O–H groups in total. The summed E-state index contributed by atoms with van der Waals surface area (Å²) in [5.41, 5.74) is 1.14. The van der Waals surface area contributed by atoms with Gasteiger partial charge in [0.2, 0.25) is 0 Å². The summed E-state index contributed by atoms with van der Waals surface area (Å²) in [7, 11) is 0. The first-order valence-electron chi connectivity index (χ1n) is 6.73. The number of carbonyl (C=O) groups is 2. The SMILES string of the molecule is CCCN(CC(=O)O)C(=O)c1csc(-c2ccc(Cl)cc2)n1. The van der Waals surface area contributed by atoms with E-state index in [1.54, 1.807) is 17.5 Å². The zero-order chi connectivity index (χ0) is 16.1. The molecule has 0 fully saturated rings. The average molecular weight is 339 g/mol. The highest BCUT2D eigenvalue weighted by Crippen LogP contribution is 2.25. The Kier molecular flexibility index (Phi) is 5.51. The van der Waals surface area contributed by atoms with Crippen LogP contribution in [0.15, 0.2) is 29.6 Å². The highest BCUT2D eigenvalue weighted by atomic mass is 35.5. The van der Waals surface area contributed by atoms with E-state index in [2.05, 4.69) is 4.98 Å². The Bertz CT molecular complexity index is 670. The van der Waals surface area contributed by atoms with Crippen LogP contribution in [0.2, 0.25) is 5.02 Å². The van der Waals surface area contributed by atoms with Crippen molar-refractivity contribution < 1.29 is 14.7 Å². The second kappa shape index (κ2) is 7.38. The van der Waals surface area contributed by atoms with Crippen LogP contribution in [0.3, 0.4) is 0 Å². The van der Waals surface area contributed by atoms with Crippen molar-refractivity contribution in [2.75, 3.05) is 13.1 Å². The minimum atomic E-state index is -1.03. The molecule has 116 valence electrons. The molecule has 1 aromatic carbocycles. The summed E-state index contributed by atoms with van der Waals surface area (Å²) in [6.07, 6.45) is 0.688. The summed E-state index contributed by atoms with van der Waals surface area (Å²) in [5, 5.41) is 11.9. The number of aromatic nitrogens is 1. The normalized spacial score (nSPS) is 10.5. The van der Waals surface area contributed by atoms with Crippen LogP contribution in [0, 0.1) is 0 Å². The number of carboxylic acid groups (broad SMARTS) is 1. The number of carbonyl (C=O) groups excluding carboxylic acids is 1. The van der Waals surface area contributed by atoms with Gasteiger partial charge in [-0.25, -0.2) is 4.98 Å². The number of hydrogen-bond acceptors (Lipinski definition) is 4. The molecule has 0 aliphatic heterocycles. The largest absolute Gasteiger partial charge is 0.480 e. The van der Waals surface area contributed by atoms with E-state index < -0.39 is 5.97 Å². The van der Waals surface area contributed by atoms with Crippen LogP contribution in [0.1, 0.15) is 23.8 Å². The van der Waals surface area contributed by atoms with Gasteiger partial charge in [0, 0.05) is 22.5 Å². The molecule has 1 heterocycles. The topological polar surface area (TPSA) is 70.5 Å². The molecule has 7 heteroatoms. The van der Waals surface area contributed by atoms with Gasteiger partial charge in [0.25, 0.3) is 5.91 Å². The lowest BCUT2D eigenvalue weighted by Crippen LogP contribution is -2.36. The Morgan fingerprint density at radius 3 is 2.59 bits per heavy atom. The van der Waals surface area contributed by atoms with Crippen molar-refractivity contribution in [3.63, 3.8) is 0 Å². The molecular weight excluding hydrogens is 324 g/mol. The van der Waals surface area contributed by atoms with Gasteiger partial charge in [-0.05, 0) is 18.6 Å². The number of halogens is 1. The first-order chi connectivity index (χ1) is 10.5. The molecule has 0 atom stereocenters. The van der Waals surface area contributed by atoms with Gasteiger partial charge >= 0.3 is 5.97 Å². The fourth-order valence-electron chi connectivity index (χ4n) is 1.94. The third-order valence-electron chi connectivity index (χ3n) is 2.92. The zero-order valence-corrected chi connectivity index (χ0v) is 13.5. The molecule has 0 spiro atoms. The molecule has 2 aromatic rings. The van der Waals surface area contributed by atoms with Gasteiger partial charge in [-0.2, -0.15) is 0 Å². The van der Waals surface area contributed by atoms with Gasteiger partial charge in [-0.1, -0.05) is 30.7 Å². The molecule has 0 aliphatic rings. The number of amides is 1. The van der Waals surface area contributed by atoms with Gasteiger partial charge in [-0.15, -0.1) is 11.3 Å². The van der Waals surface area contributed by atoms with Gasteiger partial charge in [-0.3, -0.25) is 9.59 Å². The molecule has 5 nitrogen and oxygen atoms in total. The van der Waals surface area contributed by atoms with E-state index in [-0.39, 0.29) is 18.1 Å². The minimum absolute atomic E-state index is 0.268. The molecule has 0 unspecified atom stereocenters. The van der Waals surface area contributed by atoms with E-state index in [9.17, 15) is 9.59 Å². The maximum absolute atomic E-state index is 12.4. The second-order valence-corrected chi connectivity index (χ2v) is 5.96. The summed E-state index contributed by atoms with van der Waals surface area (Å²) in [6.45, 7) is 1.96. The molecule has 1 amide bonds. The molecule has 0 radical (unpaired) electrons. The molecule has 0 aliphatic carbocycles. The van der Waals surface area contributed by atoms with Crippen molar-refractivity contribution in [2.24, 2.45) is 0 Å². The standard InChI is InChI=1S/C15H15ClN2O3S/c1-2-7-18(8-13(19)20)15(21)12-9-22-14(17-12)10-3-5-11(16)6-4-10/h3-6,9H,2,7-8H2,1H3,(H,19,20). The molecular formula is C15H15ClN2O3S. The second-order valence-electron chi connectivity index (χ2n) is 4.67. The van der Waals surface area contributed by atoms with Crippen molar-refractivity contribution in [1.29, 1.82) is 0 Å². The van der Waals surface area contributed by atoms with Crippen LogP contribution in [-0.2, 0) is 4.79 Å². The third-order valence-corrected chi connectivity index (χ3v) is 4.06. The summed E-state index contributed by atoms with van der Waals surface area (Å²) >= 11 is 7.19. The molecule has 0 saturated heterocycles. The van der Waals surface area contributed by atoms with E-state index in [0.29, 0.717) is 23.0 Å².